The van der Waals surface area contributed by atoms with Gasteiger partial charge in [0.1, 0.15) is 12.4 Å². The van der Waals surface area contributed by atoms with E-state index >= 15 is 0 Å². The number of cyclic esters (lactones) is 1. The molecule has 13 heavy (non-hydrogen) atoms. The highest BCUT2D eigenvalue weighted by Crippen LogP contribution is 2.15. The van der Waals surface area contributed by atoms with Crippen LogP contribution in [0.2, 0.25) is 0 Å². The van der Waals surface area contributed by atoms with Gasteiger partial charge in [0.25, 0.3) is 0 Å². The number of amides is 1. The maximum Gasteiger partial charge on any atom is 0.414 e. The zero-order valence-corrected chi connectivity index (χ0v) is 7.23. The number of nitrogens with zero attached hydrogens (tertiary/aromatic N) is 3. The van der Waals surface area contributed by atoms with Crippen LogP contribution >= 0.6 is 0 Å². The molecule has 0 aromatic carbocycles. The van der Waals surface area contributed by atoms with Gasteiger partial charge in [-0.15, -0.1) is 0 Å². The van der Waals surface area contributed by atoms with Crippen LogP contribution < -0.4 is 4.90 Å². The van der Waals surface area contributed by atoms with Crippen LogP contribution in [0, 0.1) is 6.92 Å². The average molecular weight is 179 g/mol. The second kappa shape index (κ2) is 3.01. The number of anilines is 1. The van der Waals surface area contributed by atoms with Crippen molar-refractivity contribution in [3.8, 4) is 0 Å². The molecule has 1 fully saturated rings. The summed E-state index contributed by atoms with van der Waals surface area (Å²) in [4.78, 5) is 20.6. The van der Waals surface area contributed by atoms with Gasteiger partial charge in [0.2, 0.25) is 0 Å². The average Bonchev–Trinajstić information content (AvgIpc) is 2.53. The molecule has 5 heteroatoms. The molecule has 1 saturated heterocycles. The standard InChI is InChI=1S/C8H9N3O2/c1-6-9-4-7(5-10-6)11-2-3-13-8(11)12/h4-5H,2-3H2,1H3. The number of ether oxygens (including phenoxy) is 1. The molecule has 68 valence electrons. The van der Waals surface area contributed by atoms with E-state index in [4.69, 9.17) is 4.74 Å². The van der Waals surface area contributed by atoms with Crippen molar-refractivity contribution >= 4 is 11.8 Å². The van der Waals surface area contributed by atoms with Crippen LogP contribution in [0.3, 0.4) is 0 Å². The van der Waals surface area contributed by atoms with Gasteiger partial charge in [-0.2, -0.15) is 0 Å². The first-order valence-corrected chi connectivity index (χ1v) is 4.00. The van der Waals surface area contributed by atoms with E-state index in [0.29, 0.717) is 24.7 Å². The fourth-order valence-corrected chi connectivity index (χ4v) is 1.15. The van der Waals surface area contributed by atoms with Crippen molar-refractivity contribution in [2.45, 2.75) is 6.92 Å². The van der Waals surface area contributed by atoms with Crippen molar-refractivity contribution in [3.05, 3.63) is 18.2 Å². The zero-order chi connectivity index (χ0) is 9.26. The molecule has 0 bridgehead atoms. The van der Waals surface area contributed by atoms with Crippen molar-refractivity contribution in [1.82, 2.24) is 9.97 Å². The van der Waals surface area contributed by atoms with Crippen LogP contribution in [0.5, 0.6) is 0 Å². The highest BCUT2D eigenvalue weighted by molar-refractivity contribution is 5.88. The maximum atomic E-state index is 11.1. The number of carbonyl (C=O) groups excluding carboxylic acids is 1. The Morgan fingerprint density at radius 3 is 2.69 bits per heavy atom. The Morgan fingerprint density at radius 2 is 2.15 bits per heavy atom. The molecule has 2 rings (SSSR count). The lowest BCUT2D eigenvalue weighted by Gasteiger charge is -2.10. The first-order chi connectivity index (χ1) is 6.27. The quantitative estimate of drug-likeness (QED) is 0.638. The largest absolute Gasteiger partial charge is 0.447 e. The Hall–Kier alpha value is -1.65. The monoisotopic (exact) mass is 179 g/mol. The Morgan fingerprint density at radius 1 is 1.46 bits per heavy atom. The molecule has 2 heterocycles. The first kappa shape index (κ1) is 7.97. The van der Waals surface area contributed by atoms with Gasteiger partial charge in [0.05, 0.1) is 24.6 Å². The molecule has 0 radical (unpaired) electrons. The van der Waals surface area contributed by atoms with Crippen LogP contribution in [0.25, 0.3) is 0 Å². The molecule has 1 amide bonds. The van der Waals surface area contributed by atoms with Crippen LogP contribution in [-0.2, 0) is 4.74 Å². The first-order valence-electron chi connectivity index (χ1n) is 4.00. The second-order valence-electron chi connectivity index (χ2n) is 2.75. The lowest BCUT2D eigenvalue weighted by Crippen LogP contribution is -2.23. The molecule has 1 aliphatic heterocycles. The fraction of sp³-hybridized carbons (Fsp3) is 0.375. The van der Waals surface area contributed by atoms with E-state index < -0.39 is 0 Å². The highest BCUT2D eigenvalue weighted by atomic mass is 16.6. The van der Waals surface area contributed by atoms with Gasteiger partial charge in [-0.25, -0.2) is 14.8 Å². The van der Waals surface area contributed by atoms with Gasteiger partial charge >= 0.3 is 6.09 Å². The molecular weight excluding hydrogens is 170 g/mol. The third-order valence-corrected chi connectivity index (χ3v) is 1.84. The fourth-order valence-electron chi connectivity index (χ4n) is 1.15. The van der Waals surface area contributed by atoms with Gasteiger partial charge in [-0.1, -0.05) is 0 Å². The second-order valence-corrected chi connectivity index (χ2v) is 2.75. The SMILES string of the molecule is Cc1ncc(N2CCOC2=O)cn1. The number of rotatable bonds is 1. The molecule has 0 unspecified atom stereocenters. The molecule has 0 N–H and O–H groups in total. The van der Waals surface area contributed by atoms with E-state index in [1.54, 1.807) is 19.3 Å². The molecule has 0 aliphatic carbocycles. The molecule has 1 aromatic heterocycles. The van der Waals surface area contributed by atoms with Gasteiger partial charge in [-0.3, -0.25) is 4.90 Å². The summed E-state index contributed by atoms with van der Waals surface area (Å²) in [6.45, 7) is 2.81. The lowest BCUT2D eigenvalue weighted by atomic mass is 10.4. The molecule has 0 spiro atoms. The normalized spacial score (nSPS) is 16.1. The minimum absolute atomic E-state index is 0.326. The van der Waals surface area contributed by atoms with Crippen LogP contribution in [0.15, 0.2) is 12.4 Å². The Labute approximate surface area is 75.4 Å². The number of hydrogen-bond donors (Lipinski definition) is 0. The summed E-state index contributed by atoms with van der Waals surface area (Å²) >= 11 is 0. The molecule has 1 aromatic rings. The van der Waals surface area contributed by atoms with Crippen LogP contribution in [0.4, 0.5) is 10.5 Å². The predicted octanol–water partition coefficient (Wildman–Crippen LogP) is 0.742. The Kier molecular flexibility index (Phi) is 1.84. The number of aryl methyl sites for hydroxylation is 1. The summed E-state index contributed by atoms with van der Waals surface area (Å²) in [5, 5.41) is 0. The molecule has 0 atom stereocenters. The van der Waals surface area contributed by atoms with Crippen molar-refractivity contribution < 1.29 is 9.53 Å². The summed E-state index contributed by atoms with van der Waals surface area (Å²) in [6.07, 6.45) is 2.91. The lowest BCUT2D eigenvalue weighted by molar-refractivity contribution is 0.181. The molecule has 5 nitrogen and oxygen atoms in total. The van der Waals surface area contributed by atoms with Crippen molar-refractivity contribution in [2.75, 3.05) is 18.1 Å². The maximum absolute atomic E-state index is 11.1. The van der Waals surface area contributed by atoms with Gasteiger partial charge in [-0.05, 0) is 6.92 Å². The Bertz CT molecular complexity index is 323. The smallest absolute Gasteiger partial charge is 0.414 e. The minimum Gasteiger partial charge on any atom is -0.447 e. The van der Waals surface area contributed by atoms with Crippen molar-refractivity contribution in [2.24, 2.45) is 0 Å². The van der Waals surface area contributed by atoms with E-state index in [1.807, 2.05) is 0 Å². The predicted molar refractivity (Wildman–Crippen MR) is 45.5 cm³/mol. The zero-order valence-electron chi connectivity index (χ0n) is 7.23. The summed E-state index contributed by atoms with van der Waals surface area (Å²) in [5.74, 6) is 0.691. The van der Waals surface area contributed by atoms with Gasteiger partial charge < -0.3 is 4.74 Å². The number of carbonyl (C=O) groups is 1. The van der Waals surface area contributed by atoms with Gasteiger partial charge in [0, 0.05) is 0 Å². The van der Waals surface area contributed by atoms with E-state index in [1.165, 1.54) is 4.90 Å². The van der Waals surface area contributed by atoms with E-state index in [0.717, 1.165) is 0 Å². The van der Waals surface area contributed by atoms with E-state index in [9.17, 15) is 4.79 Å². The minimum atomic E-state index is -0.326. The molecule has 1 aliphatic rings. The van der Waals surface area contributed by atoms with Crippen LogP contribution in [0.1, 0.15) is 5.82 Å². The topological polar surface area (TPSA) is 55.3 Å². The summed E-state index contributed by atoms with van der Waals surface area (Å²) in [7, 11) is 0. The number of aromatic nitrogens is 2. The number of hydrogen-bond acceptors (Lipinski definition) is 4. The van der Waals surface area contributed by atoms with E-state index in [-0.39, 0.29) is 6.09 Å². The summed E-state index contributed by atoms with van der Waals surface area (Å²) < 4.78 is 4.78. The third kappa shape index (κ3) is 1.44. The Balaban J connectivity index is 2.25. The summed E-state index contributed by atoms with van der Waals surface area (Å²) in [6, 6.07) is 0. The summed E-state index contributed by atoms with van der Waals surface area (Å²) in [5.41, 5.74) is 0.688. The van der Waals surface area contributed by atoms with Crippen molar-refractivity contribution in [3.63, 3.8) is 0 Å². The van der Waals surface area contributed by atoms with Gasteiger partial charge in [0.15, 0.2) is 0 Å². The highest BCUT2D eigenvalue weighted by Gasteiger charge is 2.23. The third-order valence-electron chi connectivity index (χ3n) is 1.84. The molecule has 0 saturated carbocycles. The van der Waals surface area contributed by atoms with Crippen molar-refractivity contribution in [1.29, 1.82) is 0 Å². The molecular formula is C8H9N3O2. The van der Waals surface area contributed by atoms with Crippen LogP contribution in [-0.4, -0.2) is 29.2 Å². The van der Waals surface area contributed by atoms with E-state index in [2.05, 4.69) is 9.97 Å².